The highest BCUT2D eigenvalue weighted by atomic mass is 32.2. The molecule has 0 saturated heterocycles. The molecule has 2 atom stereocenters. The molecule has 190 valence electrons. The third kappa shape index (κ3) is 6.42. The van der Waals surface area contributed by atoms with Gasteiger partial charge in [0.2, 0.25) is 0 Å². The molecule has 2 unspecified atom stereocenters. The van der Waals surface area contributed by atoms with E-state index < -0.39 is 28.1 Å². The monoisotopic (exact) mass is 516 g/mol. The first kappa shape index (κ1) is 26.1. The molecule has 4 aromatic carbocycles. The number of carbonyl (C=O) groups is 1. The van der Waals surface area contributed by atoms with Gasteiger partial charge in [0, 0.05) is 11.3 Å². The molecule has 0 fully saturated rings. The highest BCUT2D eigenvalue weighted by molar-refractivity contribution is 7.92. The number of aliphatic hydroxyl groups excluding tert-OH is 2. The lowest BCUT2D eigenvalue weighted by Gasteiger charge is -2.17. The smallest absolute Gasteiger partial charge is 0.261 e. The molecule has 0 aromatic heterocycles. The first-order valence-electron chi connectivity index (χ1n) is 11.7. The number of aliphatic hydroxyl groups is 2. The minimum absolute atomic E-state index is 0.0581. The Hall–Kier alpha value is -3.98. The van der Waals surface area contributed by atoms with E-state index in [0.717, 1.165) is 16.7 Å². The Morgan fingerprint density at radius 2 is 1.35 bits per heavy atom. The Bertz CT molecular complexity index is 1440. The molecular weight excluding hydrogens is 488 g/mol. The van der Waals surface area contributed by atoms with Gasteiger partial charge in [-0.15, -0.1) is 0 Å². The minimum Gasteiger partial charge on any atom is -0.394 e. The van der Waals surface area contributed by atoms with E-state index in [9.17, 15) is 23.4 Å². The summed E-state index contributed by atoms with van der Waals surface area (Å²) in [6.07, 6.45) is -0.692. The number of amides is 1. The lowest BCUT2D eigenvalue weighted by Crippen LogP contribution is -2.30. The van der Waals surface area contributed by atoms with Crippen LogP contribution in [0.4, 0.5) is 5.69 Å². The zero-order valence-electron chi connectivity index (χ0n) is 20.2. The van der Waals surface area contributed by atoms with Crippen molar-refractivity contribution in [3.05, 3.63) is 120 Å². The molecule has 37 heavy (non-hydrogen) atoms. The van der Waals surface area contributed by atoms with Crippen molar-refractivity contribution in [1.29, 1.82) is 0 Å². The van der Waals surface area contributed by atoms with E-state index in [0.29, 0.717) is 16.8 Å². The van der Waals surface area contributed by atoms with Crippen LogP contribution in [0.25, 0.3) is 11.1 Å². The summed E-state index contributed by atoms with van der Waals surface area (Å²) in [5, 5.41) is 22.3. The summed E-state index contributed by atoms with van der Waals surface area (Å²) < 4.78 is 27.8. The Morgan fingerprint density at radius 3 is 1.92 bits per heavy atom. The van der Waals surface area contributed by atoms with Crippen LogP contribution in [0.3, 0.4) is 0 Å². The second-order valence-corrected chi connectivity index (χ2v) is 10.3. The van der Waals surface area contributed by atoms with Gasteiger partial charge < -0.3 is 15.5 Å². The lowest BCUT2D eigenvalue weighted by molar-refractivity contribution is 0.0916. The van der Waals surface area contributed by atoms with Crippen molar-refractivity contribution in [1.82, 2.24) is 5.32 Å². The van der Waals surface area contributed by atoms with Crippen molar-refractivity contribution in [2.24, 2.45) is 0 Å². The van der Waals surface area contributed by atoms with E-state index in [4.69, 9.17) is 0 Å². The van der Waals surface area contributed by atoms with Crippen molar-refractivity contribution in [3.63, 3.8) is 0 Å². The highest BCUT2D eigenvalue weighted by Gasteiger charge is 2.17. The van der Waals surface area contributed by atoms with E-state index in [2.05, 4.69) is 10.0 Å². The second-order valence-electron chi connectivity index (χ2n) is 8.62. The molecule has 0 aliphatic rings. The fourth-order valence-corrected chi connectivity index (χ4v) is 4.90. The van der Waals surface area contributed by atoms with Crippen molar-refractivity contribution in [2.45, 2.75) is 24.0 Å². The number of benzene rings is 4. The van der Waals surface area contributed by atoms with Crippen LogP contribution >= 0.6 is 0 Å². The van der Waals surface area contributed by atoms with Gasteiger partial charge >= 0.3 is 0 Å². The van der Waals surface area contributed by atoms with Gasteiger partial charge in [-0.25, -0.2) is 8.42 Å². The van der Waals surface area contributed by atoms with Crippen LogP contribution in [-0.2, 0) is 10.0 Å². The maximum atomic E-state index is 12.8. The van der Waals surface area contributed by atoms with Crippen LogP contribution in [0.1, 0.15) is 40.6 Å². The summed E-state index contributed by atoms with van der Waals surface area (Å²) >= 11 is 0. The van der Waals surface area contributed by atoms with Gasteiger partial charge in [0.15, 0.2) is 0 Å². The van der Waals surface area contributed by atoms with Crippen molar-refractivity contribution < 1.29 is 23.4 Å². The summed E-state index contributed by atoms with van der Waals surface area (Å²) in [5.41, 5.74) is 4.11. The first-order valence-corrected chi connectivity index (χ1v) is 13.2. The van der Waals surface area contributed by atoms with Crippen molar-refractivity contribution in [3.8, 4) is 11.1 Å². The van der Waals surface area contributed by atoms with Crippen molar-refractivity contribution in [2.75, 3.05) is 11.3 Å². The van der Waals surface area contributed by atoms with Gasteiger partial charge in [-0.1, -0.05) is 66.7 Å². The van der Waals surface area contributed by atoms with Crippen LogP contribution in [0.15, 0.2) is 108 Å². The second kappa shape index (κ2) is 11.4. The molecule has 0 aliphatic carbocycles. The average Bonchev–Trinajstić information content (AvgIpc) is 2.92. The normalized spacial score (nSPS) is 12.9. The third-order valence-electron chi connectivity index (χ3n) is 5.98. The number of rotatable bonds is 9. The van der Waals surface area contributed by atoms with Gasteiger partial charge in [-0.2, -0.15) is 0 Å². The van der Waals surface area contributed by atoms with Crippen molar-refractivity contribution >= 4 is 21.6 Å². The van der Waals surface area contributed by atoms with E-state index in [1.54, 1.807) is 19.1 Å². The molecule has 0 radical (unpaired) electrons. The van der Waals surface area contributed by atoms with Gasteiger partial charge in [-0.3, -0.25) is 9.52 Å². The number of anilines is 1. The van der Waals surface area contributed by atoms with E-state index in [1.807, 2.05) is 54.6 Å². The first-order chi connectivity index (χ1) is 17.8. The van der Waals surface area contributed by atoms with E-state index in [1.165, 1.54) is 36.4 Å². The maximum Gasteiger partial charge on any atom is 0.261 e. The standard InChI is InChI=1S/C29H28N2O5S/c1-20(33)21-13-17-27(18-14-21)37(35,36)31-26-15-11-25(12-16-26)29(34)30-28(19-32)24-9-7-23(8-10-24)22-5-3-2-4-6-22/h2-18,20,28,31-33H,19H2,1H3,(H,30,34). The molecule has 7 nitrogen and oxygen atoms in total. The summed E-state index contributed by atoms with van der Waals surface area (Å²) in [7, 11) is -3.84. The molecule has 4 aromatic rings. The van der Waals surface area contributed by atoms with Gasteiger partial charge in [0.25, 0.3) is 15.9 Å². The van der Waals surface area contributed by atoms with Crippen LogP contribution in [0.5, 0.6) is 0 Å². The average molecular weight is 517 g/mol. The maximum absolute atomic E-state index is 12.8. The van der Waals surface area contributed by atoms with Crippen LogP contribution in [-0.4, -0.2) is 31.1 Å². The van der Waals surface area contributed by atoms with Gasteiger partial charge in [0.05, 0.1) is 23.6 Å². The SMILES string of the molecule is CC(O)c1ccc(S(=O)(=O)Nc2ccc(C(=O)NC(CO)c3ccc(-c4ccccc4)cc3)cc2)cc1. The summed E-state index contributed by atoms with van der Waals surface area (Å²) in [4.78, 5) is 12.9. The quantitative estimate of drug-likeness (QED) is 0.258. The fourth-order valence-electron chi connectivity index (χ4n) is 3.84. The number of nitrogens with one attached hydrogen (secondary N) is 2. The minimum atomic E-state index is -3.84. The molecule has 4 N–H and O–H groups in total. The predicted octanol–water partition coefficient (Wildman–Crippen LogP) is 4.67. The number of sulfonamides is 1. The van der Waals surface area contributed by atoms with Crippen LogP contribution < -0.4 is 10.0 Å². The fraction of sp³-hybridized carbons (Fsp3) is 0.138. The summed E-state index contributed by atoms with van der Waals surface area (Å²) in [6, 6.07) is 28.9. The Kier molecular flexibility index (Phi) is 8.03. The summed E-state index contributed by atoms with van der Waals surface area (Å²) in [5.74, 6) is -0.394. The van der Waals surface area contributed by atoms with E-state index >= 15 is 0 Å². The lowest BCUT2D eigenvalue weighted by atomic mass is 10.0. The van der Waals surface area contributed by atoms with E-state index in [-0.39, 0.29) is 11.5 Å². The number of hydrogen-bond acceptors (Lipinski definition) is 5. The van der Waals surface area contributed by atoms with Gasteiger partial charge in [-0.05, 0) is 65.6 Å². The Labute approximate surface area is 216 Å². The van der Waals surface area contributed by atoms with Crippen LogP contribution in [0, 0.1) is 0 Å². The number of hydrogen-bond donors (Lipinski definition) is 4. The third-order valence-corrected chi connectivity index (χ3v) is 7.38. The zero-order chi connectivity index (χ0) is 26.4. The Morgan fingerprint density at radius 1 is 0.784 bits per heavy atom. The molecule has 0 aliphatic heterocycles. The number of carbonyl (C=O) groups excluding carboxylic acids is 1. The molecule has 1 amide bonds. The van der Waals surface area contributed by atoms with Crippen LogP contribution in [0.2, 0.25) is 0 Å². The summed E-state index contributed by atoms with van der Waals surface area (Å²) in [6.45, 7) is 1.33. The highest BCUT2D eigenvalue weighted by Crippen LogP contribution is 2.23. The zero-order valence-corrected chi connectivity index (χ0v) is 21.0. The Balaban J connectivity index is 1.41. The molecular formula is C29H28N2O5S. The molecule has 8 heteroatoms. The topological polar surface area (TPSA) is 116 Å². The molecule has 4 rings (SSSR count). The predicted molar refractivity (Wildman–Crippen MR) is 143 cm³/mol. The molecule has 0 spiro atoms. The van der Waals surface area contributed by atoms with Gasteiger partial charge in [0.1, 0.15) is 0 Å². The largest absolute Gasteiger partial charge is 0.394 e. The molecule has 0 saturated carbocycles. The molecule has 0 heterocycles. The molecule has 0 bridgehead atoms.